The number of rotatable bonds is 4. The minimum atomic E-state index is 0.0840. The van der Waals surface area contributed by atoms with Crippen molar-refractivity contribution in [3.05, 3.63) is 40.5 Å². The van der Waals surface area contributed by atoms with Gasteiger partial charge < -0.3 is 10.5 Å². The molecule has 0 bridgehead atoms. The summed E-state index contributed by atoms with van der Waals surface area (Å²) in [5.41, 5.74) is 6.99. The van der Waals surface area contributed by atoms with Gasteiger partial charge in [0, 0.05) is 5.25 Å². The number of hydrogen-bond acceptors (Lipinski definition) is 6. The van der Waals surface area contributed by atoms with Crippen LogP contribution in [0, 0.1) is 11.3 Å². The molecule has 0 aliphatic carbocycles. The molecular weight excluding hydrogens is 308 g/mol. The van der Waals surface area contributed by atoms with Crippen molar-refractivity contribution in [3.8, 4) is 11.8 Å². The van der Waals surface area contributed by atoms with Gasteiger partial charge in [-0.3, -0.25) is 0 Å². The fourth-order valence-electron chi connectivity index (χ4n) is 1.68. The minimum Gasteiger partial charge on any atom is -0.495 e. The number of methoxy groups -OCH3 is 1. The lowest BCUT2D eigenvalue weighted by atomic mass is 10.1. The Labute approximate surface area is 132 Å². The molecule has 0 amide bonds. The van der Waals surface area contributed by atoms with Gasteiger partial charge in [-0.2, -0.15) is 5.26 Å². The number of aromatic nitrogens is 2. The van der Waals surface area contributed by atoms with E-state index in [1.165, 1.54) is 18.0 Å². The fourth-order valence-corrected chi connectivity index (χ4v) is 2.81. The normalized spacial score (nSPS) is 11.7. The molecule has 0 aliphatic rings. The van der Waals surface area contributed by atoms with Crippen LogP contribution in [-0.4, -0.2) is 17.1 Å². The van der Waals surface area contributed by atoms with Crippen LogP contribution in [0.1, 0.15) is 23.3 Å². The van der Waals surface area contributed by atoms with E-state index in [9.17, 15) is 0 Å². The van der Waals surface area contributed by atoms with Crippen LogP contribution in [0.25, 0.3) is 0 Å². The zero-order valence-corrected chi connectivity index (χ0v) is 13.1. The highest BCUT2D eigenvalue weighted by Gasteiger charge is 2.13. The third-order valence-corrected chi connectivity index (χ3v) is 4.17. The van der Waals surface area contributed by atoms with E-state index in [4.69, 9.17) is 27.3 Å². The molecule has 2 N–H and O–H groups in total. The van der Waals surface area contributed by atoms with Gasteiger partial charge in [-0.05, 0) is 24.6 Å². The lowest BCUT2D eigenvalue weighted by Crippen LogP contribution is -1.99. The Morgan fingerprint density at radius 3 is 2.81 bits per heavy atom. The van der Waals surface area contributed by atoms with Gasteiger partial charge in [0.2, 0.25) is 0 Å². The third kappa shape index (κ3) is 3.57. The second kappa shape index (κ2) is 6.66. The summed E-state index contributed by atoms with van der Waals surface area (Å²) in [5.74, 6) is 0.825. The van der Waals surface area contributed by atoms with Gasteiger partial charge in [0.15, 0.2) is 5.16 Å². The number of thioether (sulfide) groups is 1. The van der Waals surface area contributed by atoms with Crippen molar-refractivity contribution < 1.29 is 4.74 Å². The quantitative estimate of drug-likeness (QED) is 0.686. The standard InChI is InChI=1S/C14H13ClN4OS/c1-8(9-3-4-12(20-2)11(15)5-9)21-14-18-7-10(6-16)13(17)19-14/h3-5,7-8H,1-2H3,(H2,17,18,19). The highest BCUT2D eigenvalue weighted by atomic mass is 35.5. The van der Waals surface area contributed by atoms with Gasteiger partial charge in [0.25, 0.3) is 0 Å². The van der Waals surface area contributed by atoms with Gasteiger partial charge in [0.1, 0.15) is 23.2 Å². The fraction of sp³-hybridized carbons (Fsp3) is 0.214. The number of ether oxygens (including phenoxy) is 1. The average molecular weight is 321 g/mol. The highest BCUT2D eigenvalue weighted by Crippen LogP contribution is 2.36. The number of nitrogens with two attached hydrogens (primary N) is 1. The van der Waals surface area contributed by atoms with E-state index < -0.39 is 0 Å². The van der Waals surface area contributed by atoms with Crippen molar-refractivity contribution in [1.29, 1.82) is 5.26 Å². The summed E-state index contributed by atoms with van der Waals surface area (Å²) in [6, 6.07) is 7.55. The highest BCUT2D eigenvalue weighted by molar-refractivity contribution is 7.99. The van der Waals surface area contributed by atoms with E-state index in [2.05, 4.69) is 9.97 Å². The molecule has 1 unspecified atom stereocenters. The second-order valence-electron chi connectivity index (χ2n) is 4.22. The number of anilines is 1. The molecular formula is C14H13ClN4OS. The summed E-state index contributed by atoms with van der Waals surface area (Å²) in [6.45, 7) is 2.01. The van der Waals surface area contributed by atoms with Gasteiger partial charge in [-0.25, -0.2) is 9.97 Å². The largest absolute Gasteiger partial charge is 0.495 e. The molecule has 21 heavy (non-hydrogen) atoms. The maximum absolute atomic E-state index is 8.81. The summed E-state index contributed by atoms with van der Waals surface area (Å²) >= 11 is 7.56. The van der Waals surface area contributed by atoms with E-state index in [1.54, 1.807) is 7.11 Å². The molecule has 0 fully saturated rings. The predicted octanol–water partition coefficient (Wildman–Crippen LogP) is 3.45. The van der Waals surface area contributed by atoms with Crippen LogP contribution in [0.15, 0.2) is 29.6 Å². The summed E-state index contributed by atoms with van der Waals surface area (Å²) in [4.78, 5) is 8.24. The first kappa shape index (κ1) is 15.4. The molecule has 108 valence electrons. The van der Waals surface area contributed by atoms with Gasteiger partial charge in [-0.1, -0.05) is 29.4 Å². The van der Waals surface area contributed by atoms with E-state index >= 15 is 0 Å². The number of nitrogens with zero attached hydrogens (tertiary/aromatic N) is 3. The third-order valence-electron chi connectivity index (χ3n) is 2.84. The summed E-state index contributed by atoms with van der Waals surface area (Å²) < 4.78 is 5.13. The number of halogens is 1. The monoisotopic (exact) mass is 320 g/mol. The predicted molar refractivity (Wildman–Crippen MR) is 83.4 cm³/mol. The van der Waals surface area contributed by atoms with Gasteiger partial charge in [0.05, 0.1) is 18.3 Å². The Bertz CT molecular complexity index is 702. The maximum Gasteiger partial charge on any atom is 0.190 e. The SMILES string of the molecule is COc1ccc(C(C)Sc2ncc(C#N)c(N)n2)cc1Cl. The van der Waals surface area contributed by atoms with Crippen LogP contribution < -0.4 is 10.5 Å². The van der Waals surface area contributed by atoms with Crippen molar-refractivity contribution in [2.75, 3.05) is 12.8 Å². The van der Waals surface area contributed by atoms with Crippen molar-refractivity contribution in [3.63, 3.8) is 0 Å². The number of nitriles is 1. The van der Waals surface area contributed by atoms with Crippen molar-refractivity contribution in [2.45, 2.75) is 17.3 Å². The topological polar surface area (TPSA) is 84.8 Å². The molecule has 2 rings (SSSR count). The molecule has 2 aromatic rings. The Hall–Kier alpha value is -1.97. The number of benzene rings is 1. The second-order valence-corrected chi connectivity index (χ2v) is 5.93. The van der Waals surface area contributed by atoms with Crippen LogP contribution in [0.3, 0.4) is 0 Å². The molecule has 0 spiro atoms. The smallest absolute Gasteiger partial charge is 0.190 e. The van der Waals surface area contributed by atoms with Crippen LogP contribution >= 0.6 is 23.4 Å². The molecule has 1 atom stereocenters. The molecule has 7 heteroatoms. The number of hydrogen-bond donors (Lipinski definition) is 1. The number of nitrogen functional groups attached to an aromatic ring is 1. The van der Waals surface area contributed by atoms with Crippen molar-refractivity contribution >= 4 is 29.2 Å². The van der Waals surface area contributed by atoms with E-state index in [0.29, 0.717) is 15.9 Å². The first-order valence-corrected chi connectivity index (χ1v) is 7.33. The molecule has 1 heterocycles. The maximum atomic E-state index is 8.81. The lowest BCUT2D eigenvalue weighted by Gasteiger charge is -2.12. The summed E-state index contributed by atoms with van der Waals surface area (Å²) in [5, 5.41) is 9.97. The van der Waals surface area contributed by atoms with Gasteiger partial charge >= 0.3 is 0 Å². The Kier molecular flexibility index (Phi) is 4.89. The first-order valence-electron chi connectivity index (χ1n) is 6.08. The average Bonchev–Trinajstić information content (AvgIpc) is 2.47. The molecule has 0 saturated heterocycles. The van der Waals surface area contributed by atoms with Crippen molar-refractivity contribution in [2.24, 2.45) is 0 Å². The Balaban J connectivity index is 2.18. The van der Waals surface area contributed by atoms with Crippen LogP contribution in [0.2, 0.25) is 5.02 Å². The Morgan fingerprint density at radius 1 is 1.48 bits per heavy atom. The van der Waals surface area contributed by atoms with E-state index in [-0.39, 0.29) is 16.6 Å². The first-order chi connectivity index (χ1) is 10.0. The minimum absolute atomic E-state index is 0.0840. The van der Waals surface area contributed by atoms with E-state index in [1.807, 2.05) is 31.2 Å². The van der Waals surface area contributed by atoms with Crippen LogP contribution in [0.5, 0.6) is 5.75 Å². The summed E-state index contributed by atoms with van der Waals surface area (Å²) in [6.07, 6.45) is 1.43. The molecule has 5 nitrogen and oxygen atoms in total. The lowest BCUT2D eigenvalue weighted by molar-refractivity contribution is 0.415. The Morgan fingerprint density at radius 2 is 2.24 bits per heavy atom. The molecule has 1 aromatic heterocycles. The molecule has 0 aliphatic heterocycles. The van der Waals surface area contributed by atoms with Crippen molar-refractivity contribution in [1.82, 2.24) is 9.97 Å². The zero-order chi connectivity index (χ0) is 15.4. The molecule has 0 saturated carbocycles. The molecule has 1 aromatic carbocycles. The van der Waals surface area contributed by atoms with E-state index in [0.717, 1.165) is 5.56 Å². The summed E-state index contributed by atoms with van der Waals surface area (Å²) in [7, 11) is 1.58. The van der Waals surface area contributed by atoms with Gasteiger partial charge in [-0.15, -0.1) is 0 Å². The molecule has 0 radical (unpaired) electrons. The van der Waals surface area contributed by atoms with Crippen LogP contribution in [0.4, 0.5) is 5.82 Å². The zero-order valence-electron chi connectivity index (χ0n) is 11.5. The van der Waals surface area contributed by atoms with Crippen LogP contribution in [-0.2, 0) is 0 Å².